The van der Waals surface area contributed by atoms with Crippen LogP contribution in [-0.4, -0.2) is 41.3 Å². The Bertz CT molecular complexity index is 658. The minimum absolute atomic E-state index is 0.0279. The van der Waals surface area contributed by atoms with Crippen LogP contribution in [0.15, 0.2) is 41.9 Å². The van der Waals surface area contributed by atoms with Crippen LogP contribution in [0.5, 0.6) is 0 Å². The van der Waals surface area contributed by atoms with Gasteiger partial charge in [-0.3, -0.25) is 14.6 Å². The molecule has 0 aliphatic carbocycles. The standard InChI is InChI=1S/C17H19N3O2S/c21-16(15-7-4-10-23-15)19-11-13-5-3-9-20(12-13)17(22)14-6-1-2-8-18-14/h1-2,4,6-8,10,13H,3,5,9,11-12H2,(H,19,21)/t13-/m1/s1. The highest BCUT2D eigenvalue weighted by molar-refractivity contribution is 7.12. The van der Waals surface area contributed by atoms with Gasteiger partial charge in [0.05, 0.1) is 4.88 Å². The van der Waals surface area contributed by atoms with E-state index in [0.29, 0.717) is 24.7 Å². The molecule has 23 heavy (non-hydrogen) atoms. The molecule has 1 fully saturated rings. The number of rotatable bonds is 4. The van der Waals surface area contributed by atoms with Crippen LogP contribution in [0.4, 0.5) is 0 Å². The fourth-order valence-electron chi connectivity index (χ4n) is 2.80. The molecule has 0 saturated carbocycles. The van der Waals surface area contributed by atoms with Crippen molar-refractivity contribution in [3.8, 4) is 0 Å². The van der Waals surface area contributed by atoms with E-state index in [-0.39, 0.29) is 11.8 Å². The second-order valence-corrected chi connectivity index (χ2v) is 6.61. The molecule has 3 rings (SSSR count). The number of carbonyl (C=O) groups is 2. The molecule has 2 amide bonds. The molecule has 0 radical (unpaired) electrons. The van der Waals surface area contributed by atoms with Gasteiger partial charge in [0.15, 0.2) is 0 Å². The third-order valence-corrected chi connectivity index (χ3v) is 4.86. The van der Waals surface area contributed by atoms with Crippen molar-refractivity contribution in [3.05, 3.63) is 52.5 Å². The summed E-state index contributed by atoms with van der Waals surface area (Å²) in [5.41, 5.74) is 0.482. The van der Waals surface area contributed by atoms with Crippen LogP contribution in [0.25, 0.3) is 0 Å². The Balaban J connectivity index is 1.54. The summed E-state index contributed by atoms with van der Waals surface area (Å²) in [4.78, 5) is 31.1. The van der Waals surface area contributed by atoms with Gasteiger partial charge in [0.2, 0.25) is 0 Å². The average Bonchev–Trinajstić information content (AvgIpc) is 3.15. The van der Waals surface area contributed by atoms with E-state index in [1.165, 1.54) is 11.3 Å². The molecule has 2 aromatic rings. The Labute approximate surface area is 139 Å². The lowest BCUT2D eigenvalue weighted by Gasteiger charge is -2.32. The lowest BCUT2D eigenvalue weighted by atomic mass is 9.97. The normalized spacial score (nSPS) is 17.7. The first kappa shape index (κ1) is 15.7. The molecule has 3 heterocycles. The van der Waals surface area contributed by atoms with E-state index in [9.17, 15) is 9.59 Å². The highest BCUT2D eigenvalue weighted by atomic mass is 32.1. The van der Waals surface area contributed by atoms with Crippen molar-refractivity contribution in [2.24, 2.45) is 5.92 Å². The monoisotopic (exact) mass is 329 g/mol. The first-order valence-electron chi connectivity index (χ1n) is 7.76. The molecule has 1 N–H and O–H groups in total. The summed E-state index contributed by atoms with van der Waals surface area (Å²) in [7, 11) is 0. The van der Waals surface area contributed by atoms with Crippen molar-refractivity contribution < 1.29 is 9.59 Å². The van der Waals surface area contributed by atoms with Crippen LogP contribution in [-0.2, 0) is 0 Å². The van der Waals surface area contributed by atoms with Gasteiger partial charge in [0, 0.05) is 25.8 Å². The molecule has 6 heteroatoms. The topological polar surface area (TPSA) is 62.3 Å². The summed E-state index contributed by atoms with van der Waals surface area (Å²) in [6.07, 6.45) is 3.62. The largest absolute Gasteiger partial charge is 0.351 e. The maximum absolute atomic E-state index is 12.4. The number of hydrogen-bond donors (Lipinski definition) is 1. The van der Waals surface area contributed by atoms with Crippen molar-refractivity contribution >= 4 is 23.2 Å². The van der Waals surface area contributed by atoms with E-state index in [2.05, 4.69) is 10.3 Å². The zero-order chi connectivity index (χ0) is 16.1. The van der Waals surface area contributed by atoms with E-state index in [1.54, 1.807) is 18.3 Å². The molecule has 5 nitrogen and oxygen atoms in total. The molecule has 0 unspecified atom stereocenters. The van der Waals surface area contributed by atoms with E-state index >= 15 is 0 Å². The van der Waals surface area contributed by atoms with Crippen molar-refractivity contribution in [1.29, 1.82) is 0 Å². The van der Waals surface area contributed by atoms with Crippen molar-refractivity contribution in [1.82, 2.24) is 15.2 Å². The maximum atomic E-state index is 12.4. The number of carbonyl (C=O) groups excluding carboxylic acids is 2. The second kappa shape index (κ2) is 7.37. The predicted octanol–water partition coefficient (Wildman–Crippen LogP) is 2.43. The third kappa shape index (κ3) is 3.96. The number of piperidine rings is 1. The third-order valence-electron chi connectivity index (χ3n) is 3.99. The van der Waals surface area contributed by atoms with E-state index in [1.807, 2.05) is 28.5 Å². The van der Waals surface area contributed by atoms with Crippen molar-refractivity contribution in [2.45, 2.75) is 12.8 Å². The molecule has 0 bridgehead atoms. The van der Waals surface area contributed by atoms with E-state index in [4.69, 9.17) is 0 Å². The summed E-state index contributed by atoms with van der Waals surface area (Å²) in [5.74, 6) is 0.230. The van der Waals surface area contributed by atoms with Gasteiger partial charge >= 0.3 is 0 Å². The Morgan fingerprint density at radius 3 is 2.96 bits per heavy atom. The number of likely N-dealkylation sites (tertiary alicyclic amines) is 1. The fourth-order valence-corrected chi connectivity index (χ4v) is 3.44. The molecule has 1 saturated heterocycles. The van der Waals surface area contributed by atoms with Crippen molar-refractivity contribution in [3.63, 3.8) is 0 Å². The number of pyridine rings is 1. The fraction of sp³-hybridized carbons (Fsp3) is 0.353. The summed E-state index contributed by atoms with van der Waals surface area (Å²) < 4.78 is 0. The number of nitrogens with one attached hydrogen (secondary N) is 1. The Morgan fingerprint density at radius 2 is 2.22 bits per heavy atom. The molecular weight excluding hydrogens is 310 g/mol. The van der Waals surface area contributed by atoms with Crippen LogP contribution < -0.4 is 5.32 Å². The van der Waals surface area contributed by atoms with Gasteiger partial charge in [0.25, 0.3) is 11.8 Å². The number of aromatic nitrogens is 1. The lowest BCUT2D eigenvalue weighted by Crippen LogP contribution is -2.43. The zero-order valence-corrected chi connectivity index (χ0v) is 13.6. The van der Waals surface area contributed by atoms with Crippen LogP contribution in [0, 0.1) is 5.92 Å². The lowest BCUT2D eigenvalue weighted by molar-refractivity contribution is 0.0665. The summed E-state index contributed by atoms with van der Waals surface area (Å²) in [5, 5.41) is 4.86. The highest BCUT2D eigenvalue weighted by Gasteiger charge is 2.25. The smallest absolute Gasteiger partial charge is 0.272 e. The van der Waals surface area contributed by atoms with E-state index in [0.717, 1.165) is 24.3 Å². The van der Waals surface area contributed by atoms with Gasteiger partial charge in [-0.1, -0.05) is 12.1 Å². The number of hydrogen-bond acceptors (Lipinski definition) is 4. The first-order chi connectivity index (χ1) is 11.2. The predicted molar refractivity (Wildman–Crippen MR) is 89.5 cm³/mol. The van der Waals surface area contributed by atoms with Gasteiger partial charge < -0.3 is 10.2 Å². The zero-order valence-electron chi connectivity index (χ0n) is 12.8. The van der Waals surface area contributed by atoms with Crippen LogP contribution in [0.3, 0.4) is 0 Å². The Morgan fingerprint density at radius 1 is 1.30 bits per heavy atom. The van der Waals surface area contributed by atoms with Gasteiger partial charge in [-0.05, 0) is 42.3 Å². The van der Waals surface area contributed by atoms with Gasteiger partial charge in [-0.25, -0.2) is 0 Å². The first-order valence-corrected chi connectivity index (χ1v) is 8.64. The number of thiophene rings is 1. The molecule has 1 aliphatic heterocycles. The SMILES string of the molecule is O=C(NC[C@H]1CCCN(C(=O)c2ccccn2)C1)c1cccs1. The van der Waals surface area contributed by atoms with Gasteiger partial charge in [-0.2, -0.15) is 0 Å². The summed E-state index contributed by atoms with van der Waals surface area (Å²) >= 11 is 1.44. The van der Waals surface area contributed by atoms with Crippen LogP contribution >= 0.6 is 11.3 Å². The minimum atomic E-state index is -0.0341. The minimum Gasteiger partial charge on any atom is -0.351 e. The van der Waals surface area contributed by atoms with Crippen LogP contribution in [0.1, 0.15) is 33.0 Å². The molecular formula is C17H19N3O2S. The highest BCUT2D eigenvalue weighted by Crippen LogP contribution is 2.18. The second-order valence-electron chi connectivity index (χ2n) is 5.66. The molecule has 120 valence electrons. The molecule has 2 aromatic heterocycles. The molecule has 0 spiro atoms. The molecule has 1 atom stereocenters. The molecule has 1 aliphatic rings. The molecule has 0 aromatic carbocycles. The van der Waals surface area contributed by atoms with Crippen molar-refractivity contribution in [2.75, 3.05) is 19.6 Å². The quantitative estimate of drug-likeness (QED) is 0.937. The number of amides is 2. The van der Waals surface area contributed by atoms with Gasteiger partial charge in [-0.15, -0.1) is 11.3 Å². The maximum Gasteiger partial charge on any atom is 0.272 e. The average molecular weight is 329 g/mol. The van der Waals surface area contributed by atoms with Gasteiger partial charge in [0.1, 0.15) is 5.69 Å². The van der Waals surface area contributed by atoms with Crippen LogP contribution in [0.2, 0.25) is 0 Å². The van der Waals surface area contributed by atoms with E-state index < -0.39 is 0 Å². The number of nitrogens with zero attached hydrogens (tertiary/aromatic N) is 2. The summed E-state index contributed by atoms with van der Waals surface area (Å²) in [6, 6.07) is 9.05. The summed E-state index contributed by atoms with van der Waals surface area (Å²) in [6.45, 7) is 2.02. The Hall–Kier alpha value is -2.21. The Kier molecular flexibility index (Phi) is 5.02.